The number of aromatic hydroxyl groups is 1. The van der Waals surface area contributed by atoms with Crippen LogP contribution in [0.25, 0.3) is 0 Å². The van der Waals surface area contributed by atoms with Crippen LogP contribution in [-0.4, -0.2) is 11.0 Å². The average molecular weight is 325 g/mol. The second kappa shape index (κ2) is 5.27. The van der Waals surface area contributed by atoms with Gasteiger partial charge in [-0.05, 0) is 40.2 Å². The molecule has 0 saturated carbocycles. The molecule has 0 aromatic heterocycles. The largest absolute Gasteiger partial charge is 0.508 e. The number of nitrogens with two attached hydrogens (primary N) is 1. The summed E-state index contributed by atoms with van der Waals surface area (Å²) in [6.07, 6.45) is 0. The molecule has 0 bridgehead atoms. The van der Waals surface area contributed by atoms with Gasteiger partial charge >= 0.3 is 0 Å². The van der Waals surface area contributed by atoms with Crippen LogP contribution in [0.15, 0.2) is 40.9 Å². The Labute approximate surface area is 117 Å². The van der Waals surface area contributed by atoms with Crippen molar-refractivity contribution in [3.8, 4) is 5.75 Å². The standard InChI is InChI=1S/C13H10BrFN2O2/c14-8-2-1-3-9(15)12(8)13(19)17-11-5-4-7(18)6-10(11)16/h1-6,18H,16H2,(H,17,19). The van der Waals surface area contributed by atoms with Crippen LogP contribution in [0.4, 0.5) is 15.8 Å². The van der Waals surface area contributed by atoms with Gasteiger partial charge < -0.3 is 16.2 Å². The third kappa shape index (κ3) is 2.85. The second-order valence-electron chi connectivity index (χ2n) is 3.82. The molecule has 0 aliphatic rings. The summed E-state index contributed by atoms with van der Waals surface area (Å²) in [6.45, 7) is 0. The maximum atomic E-state index is 13.6. The van der Waals surface area contributed by atoms with Crippen molar-refractivity contribution in [2.45, 2.75) is 0 Å². The molecule has 0 unspecified atom stereocenters. The predicted octanol–water partition coefficient (Wildman–Crippen LogP) is 3.13. The Morgan fingerprint density at radius 1 is 1.32 bits per heavy atom. The van der Waals surface area contributed by atoms with Crippen LogP contribution < -0.4 is 11.1 Å². The Kier molecular flexibility index (Phi) is 3.71. The molecule has 0 aliphatic heterocycles. The highest BCUT2D eigenvalue weighted by atomic mass is 79.9. The third-order valence-corrected chi connectivity index (χ3v) is 3.13. The molecule has 1 amide bonds. The normalized spacial score (nSPS) is 10.2. The fourth-order valence-electron chi connectivity index (χ4n) is 1.56. The van der Waals surface area contributed by atoms with Gasteiger partial charge in [-0.15, -0.1) is 0 Å². The summed E-state index contributed by atoms with van der Waals surface area (Å²) in [5, 5.41) is 11.7. The van der Waals surface area contributed by atoms with Crippen LogP contribution in [0.3, 0.4) is 0 Å². The lowest BCUT2D eigenvalue weighted by molar-refractivity contribution is 0.102. The van der Waals surface area contributed by atoms with Gasteiger partial charge in [0.25, 0.3) is 5.91 Å². The Morgan fingerprint density at radius 2 is 2.05 bits per heavy atom. The maximum Gasteiger partial charge on any atom is 0.259 e. The van der Waals surface area contributed by atoms with Crippen LogP contribution in [0, 0.1) is 5.82 Å². The second-order valence-corrected chi connectivity index (χ2v) is 4.68. The molecule has 0 saturated heterocycles. The van der Waals surface area contributed by atoms with Crippen molar-refractivity contribution >= 4 is 33.2 Å². The van der Waals surface area contributed by atoms with Gasteiger partial charge in [0.15, 0.2) is 0 Å². The summed E-state index contributed by atoms with van der Waals surface area (Å²) in [7, 11) is 0. The van der Waals surface area contributed by atoms with Gasteiger partial charge in [0.05, 0.1) is 16.9 Å². The van der Waals surface area contributed by atoms with E-state index in [1.807, 2.05) is 0 Å². The van der Waals surface area contributed by atoms with Crippen molar-refractivity contribution in [2.24, 2.45) is 0 Å². The minimum absolute atomic E-state index is 0.0115. The highest BCUT2D eigenvalue weighted by Gasteiger charge is 2.16. The molecule has 4 nitrogen and oxygen atoms in total. The highest BCUT2D eigenvalue weighted by molar-refractivity contribution is 9.10. The first-order valence-corrected chi connectivity index (χ1v) is 6.12. The number of halogens is 2. The van der Waals surface area contributed by atoms with Gasteiger partial charge in [0.2, 0.25) is 0 Å². The molecule has 6 heteroatoms. The molecule has 0 atom stereocenters. The molecule has 0 spiro atoms. The lowest BCUT2D eigenvalue weighted by Gasteiger charge is -2.10. The molecular formula is C13H10BrFN2O2. The molecule has 2 aromatic rings. The van der Waals surface area contributed by atoms with Gasteiger partial charge in [-0.2, -0.15) is 0 Å². The van der Waals surface area contributed by atoms with E-state index in [0.717, 1.165) is 0 Å². The minimum Gasteiger partial charge on any atom is -0.508 e. The fraction of sp³-hybridized carbons (Fsp3) is 0. The lowest BCUT2D eigenvalue weighted by Crippen LogP contribution is -2.15. The number of phenols is 1. The summed E-state index contributed by atoms with van der Waals surface area (Å²) in [6, 6.07) is 8.37. The van der Waals surface area contributed by atoms with Crippen LogP contribution >= 0.6 is 15.9 Å². The number of amides is 1. The van der Waals surface area contributed by atoms with Gasteiger partial charge in [0.1, 0.15) is 11.6 Å². The molecule has 0 radical (unpaired) electrons. The monoisotopic (exact) mass is 324 g/mol. The van der Waals surface area contributed by atoms with Crippen molar-refractivity contribution in [1.29, 1.82) is 0 Å². The molecule has 0 heterocycles. The van der Waals surface area contributed by atoms with E-state index in [-0.39, 0.29) is 17.0 Å². The quantitative estimate of drug-likeness (QED) is 0.586. The first kappa shape index (κ1) is 13.4. The Bertz CT molecular complexity index is 626. The number of nitrogens with one attached hydrogen (secondary N) is 1. The van der Waals surface area contributed by atoms with Gasteiger partial charge in [0, 0.05) is 10.5 Å². The smallest absolute Gasteiger partial charge is 0.259 e. The van der Waals surface area contributed by atoms with Crippen LogP contribution in [0.1, 0.15) is 10.4 Å². The van der Waals surface area contributed by atoms with E-state index < -0.39 is 11.7 Å². The number of rotatable bonds is 2. The Hall–Kier alpha value is -2.08. The molecule has 4 N–H and O–H groups in total. The number of benzene rings is 2. The first-order chi connectivity index (χ1) is 8.99. The van der Waals surface area contributed by atoms with Crippen LogP contribution in [-0.2, 0) is 0 Å². The fourth-order valence-corrected chi connectivity index (χ4v) is 2.09. The van der Waals surface area contributed by atoms with Gasteiger partial charge in [-0.3, -0.25) is 4.79 Å². The minimum atomic E-state index is -0.635. The van der Waals surface area contributed by atoms with Crippen molar-refractivity contribution in [1.82, 2.24) is 0 Å². The van der Waals surface area contributed by atoms with E-state index in [4.69, 9.17) is 5.73 Å². The van der Waals surface area contributed by atoms with Gasteiger partial charge in [-0.25, -0.2) is 4.39 Å². The third-order valence-electron chi connectivity index (χ3n) is 2.47. The SMILES string of the molecule is Nc1cc(O)ccc1NC(=O)c1c(F)cccc1Br. The molecule has 2 aromatic carbocycles. The number of carbonyl (C=O) groups excluding carboxylic acids is 1. The molecule has 0 aliphatic carbocycles. The van der Waals surface area contributed by atoms with E-state index >= 15 is 0 Å². The highest BCUT2D eigenvalue weighted by Crippen LogP contribution is 2.26. The van der Waals surface area contributed by atoms with E-state index in [1.54, 1.807) is 6.07 Å². The molecule has 98 valence electrons. The predicted molar refractivity (Wildman–Crippen MR) is 74.6 cm³/mol. The van der Waals surface area contributed by atoms with E-state index in [2.05, 4.69) is 21.2 Å². The number of phenolic OH excluding ortho intramolecular Hbond substituents is 1. The number of carbonyl (C=O) groups is 1. The number of hydrogen-bond acceptors (Lipinski definition) is 3. The van der Waals surface area contributed by atoms with E-state index in [1.165, 1.54) is 30.3 Å². The molecule has 2 rings (SSSR count). The maximum absolute atomic E-state index is 13.6. The Balaban J connectivity index is 2.31. The summed E-state index contributed by atoms with van der Waals surface area (Å²) >= 11 is 3.12. The molecular weight excluding hydrogens is 315 g/mol. The number of anilines is 2. The zero-order valence-corrected chi connectivity index (χ0v) is 11.2. The van der Waals surface area contributed by atoms with Crippen molar-refractivity contribution in [2.75, 3.05) is 11.1 Å². The zero-order valence-electron chi connectivity index (χ0n) is 9.65. The summed E-state index contributed by atoms with van der Waals surface area (Å²) in [5.41, 5.74) is 6.04. The van der Waals surface area contributed by atoms with Crippen LogP contribution in [0.2, 0.25) is 0 Å². The van der Waals surface area contributed by atoms with E-state index in [9.17, 15) is 14.3 Å². The number of nitrogen functional groups attached to an aromatic ring is 1. The van der Waals surface area contributed by atoms with Crippen molar-refractivity contribution < 1.29 is 14.3 Å². The topological polar surface area (TPSA) is 75.3 Å². The zero-order chi connectivity index (χ0) is 14.0. The lowest BCUT2D eigenvalue weighted by atomic mass is 10.2. The van der Waals surface area contributed by atoms with Gasteiger partial charge in [-0.1, -0.05) is 6.07 Å². The molecule has 19 heavy (non-hydrogen) atoms. The average Bonchev–Trinajstić information content (AvgIpc) is 2.32. The summed E-state index contributed by atoms with van der Waals surface area (Å²) in [5.74, 6) is -1.27. The van der Waals surface area contributed by atoms with Crippen molar-refractivity contribution in [3.63, 3.8) is 0 Å². The summed E-state index contributed by atoms with van der Waals surface area (Å²) < 4.78 is 14.0. The Morgan fingerprint density at radius 3 is 2.68 bits per heavy atom. The van der Waals surface area contributed by atoms with E-state index in [0.29, 0.717) is 10.2 Å². The first-order valence-electron chi connectivity index (χ1n) is 5.33. The molecule has 0 fully saturated rings. The summed E-state index contributed by atoms with van der Waals surface area (Å²) in [4.78, 5) is 12.0. The van der Waals surface area contributed by atoms with Crippen LogP contribution in [0.5, 0.6) is 5.75 Å². The van der Waals surface area contributed by atoms with Crippen molar-refractivity contribution in [3.05, 3.63) is 52.3 Å². The number of hydrogen-bond donors (Lipinski definition) is 3.